The zero-order valence-electron chi connectivity index (χ0n) is 11.8. The molecule has 1 aliphatic heterocycles. The Labute approximate surface area is 127 Å². The first-order valence-corrected chi connectivity index (χ1v) is 6.86. The van der Waals surface area contributed by atoms with Gasteiger partial charge in [-0.3, -0.25) is 4.79 Å². The van der Waals surface area contributed by atoms with Crippen LogP contribution in [0.15, 0.2) is 42.5 Å². The van der Waals surface area contributed by atoms with E-state index in [4.69, 9.17) is 9.47 Å². The van der Waals surface area contributed by atoms with E-state index in [9.17, 15) is 9.18 Å². The van der Waals surface area contributed by atoms with Crippen molar-refractivity contribution in [3.8, 4) is 11.5 Å². The third-order valence-electron chi connectivity index (χ3n) is 3.20. The van der Waals surface area contributed by atoms with Crippen molar-refractivity contribution in [1.82, 2.24) is 5.32 Å². The molecule has 1 aliphatic rings. The Morgan fingerprint density at radius 2 is 1.95 bits per heavy atom. The van der Waals surface area contributed by atoms with Gasteiger partial charge in [-0.15, -0.1) is 0 Å². The van der Waals surface area contributed by atoms with E-state index in [1.165, 1.54) is 12.1 Å². The van der Waals surface area contributed by atoms with Gasteiger partial charge in [0.2, 0.25) is 12.7 Å². The lowest BCUT2D eigenvalue weighted by molar-refractivity contribution is -0.115. The summed E-state index contributed by atoms with van der Waals surface area (Å²) in [5.41, 5.74) is 1.15. The highest BCUT2D eigenvalue weighted by atomic mass is 19.1. The number of halogens is 1. The number of anilines is 1. The number of rotatable bonds is 5. The van der Waals surface area contributed by atoms with Gasteiger partial charge < -0.3 is 20.1 Å². The molecule has 0 saturated carbocycles. The minimum atomic E-state index is -0.452. The van der Waals surface area contributed by atoms with Gasteiger partial charge in [0.25, 0.3) is 0 Å². The van der Waals surface area contributed by atoms with Gasteiger partial charge in [0.15, 0.2) is 11.5 Å². The summed E-state index contributed by atoms with van der Waals surface area (Å²) < 4.78 is 23.9. The summed E-state index contributed by atoms with van der Waals surface area (Å²) in [6.45, 7) is 0.821. The van der Waals surface area contributed by atoms with E-state index >= 15 is 0 Å². The summed E-state index contributed by atoms with van der Waals surface area (Å²) in [5.74, 6) is 0.675. The van der Waals surface area contributed by atoms with Crippen LogP contribution in [-0.2, 0) is 11.3 Å². The van der Waals surface area contributed by atoms with Crippen molar-refractivity contribution in [2.75, 3.05) is 18.7 Å². The van der Waals surface area contributed by atoms with Crippen LogP contribution in [0.5, 0.6) is 11.5 Å². The summed E-state index contributed by atoms with van der Waals surface area (Å²) in [7, 11) is 0. The second kappa shape index (κ2) is 6.44. The predicted molar refractivity (Wildman–Crippen MR) is 79.3 cm³/mol. The topological polar surface area (TPSA) is 59.6 Å². The van der Waals surface area contributed by atoms with Gasteiger partial charge in [-0.25, -0.2) is 4.39 Å². The minimum Gasteiger partial charge on any atom is -0.454 e. The number of carbonyl (C=O) groups excluding carboxylic acids is 1. The number of ether oxygens (including phenoxy) is 2. The quantitative estimate of drug-likeness (QED) is 0.889. The van der Waals surface area contributed by atoms with Gasteiger partial charge >= 0.3 is 0 Å². The van der Waals surface area contributed by atoms with E-state index < -0.39 is 5.82 Å². The molecule has 0 aliphatic carbocycles. The normalized spacial score (nSPS) is 12.2. The molecule has 0 unspecified atom stereocenters. The number of fused-ring (bicyclic) bond motifs is 1. The first kappa shape index (κ1) is 14.3. The Morgan fingerprint density at radius 3 is 2.82 bits per heavy atom. The molecular weight excluding hydrogens is 287 g/mol. The lowest BCUT2D eigenvalue weighted by atomic mass is 10.2. The van der Waals surface area contributed by atoms with Gasteiger partial charge in [0.05, 0.1) is 12.2 Å². The average molecular weight is 302 g/mol. The molecule has 0 radical (unpaired) electrons. The molecule has 2 aromatic rings. The minimum absolute atomic E-state index is 0.0861. The van der Waals surface area contributed by atoms with Crippen LogP contribution in [0.1, 0.15) is 5.56 Å². The van der Waals surface area contributed by atoms with Gasteiger partial charge in [-0.1, -0.05) is 18.2 Å². The van der Waals surface area contributed by atoms with E-state index in [0.717, 1.165) is 11.3 Å². The van der Waals surface area contributed by atoms with Gasteiger partial charge in [-0.2, -0.15) is 0 Å². The lowest BCUT2D eigenvalue weighted by Crippen LogP contribution is -2.28. The first-order chi connectivity index (χ1) is 10.7. The SMILES string of the molecule is O=C(CNCc1ccc2c(c1)OCO2)Nc1ccccc1F. The highest BCUT2D eigenvalue weighted by Gasteiger charge is 2.13. The molecule has 1 heterocycles. The zero-order valence-corrected chi connectivity index (χ0v) is 11.8. The molecule has 3 rings (SSSR count). The van der Waals surface area contributed by atoms with E-state index in [0.29, 0.717) is 12.3 Å². The Morgan fingerprint density at radius 1 is 1.14 bits per heavy atom. The molecule has 0 bridgehead atoms. The van der Waals surface area contributed by atoms with Crippen LogP contribution in [0, 0.1) is 5.82 Å². The molecule has 22 heavy (non-hydrogen) atoms. The third-order valence-corrected chi connectivity index (χ3v) is 3.20. The highest BCUT2D eigenvalue weighted by Crippen LogP contribution is 2.32. The molecule has 1 amide bonds. The second-order valence-corrected chi connectivity index (χ2v) is 4.82. The summed E-state index contributed by atoms with van der Waals surface area (Å²) in [6.07, 6.45) is 0. The fraction of sp³-hybridized carbons (Fsp3) is 0.188. The predicted octanol–water partition coefficient (Wildman–Crippen LogP) is 2.28. The second-order valence-electron chi connectivity index (χ2n) is 4.82. The number of benzene rings is 2. The molecule has 6 heteroatoms. The molecule has 0 saturated heterocycles. The van der Waals surface area contributed by atoms with Crippen LogP contribution in [0.25, 0.3) is 0 Å². The smallest absolute Gasteiger partial charge is 0.238 e. The number of hydrogen-bond acceptors (Lipinski definition) is 4. The van der Waals surface area contributed by atoms with Crippen LogP contribution in [0.4, 0.5) is 10.1 Å². The van der Waals surface area contributed by atoms with E-state index in [1.54, 1.807) is 12.1 Å². The number of carbonyl (C=O) groups is 1. The van der Waals surface area contributed by atoms with Crippen LogP contribution in [-0.4, -0.2) is 19.2 Å². The Bertz CT molecular complexity index is 691. The fourth-order valence-electron chi connectivity index (χ4n) is 2.13. The van der Waals surface area contributed by atoms with Crippen LogP contribution in [0.2, 0.25) is 0 Å². The average Bonchev–Trinajstić information content (AvgIpc) is 2.97. The highest BCUT2D eigenvalue weighted by molar-refractivity contribution is 5.92. The number of para-hydroxylation sites is 1. The van der Waals surface area contributed by atoms with Crippen molar-refractivity contribution >= 4 is 11.6 Å². The van der Waals surface area contributed by atoms with E-state index in [2.05, 4.69) is 10.6 Å². The van der Waals surface area contributed by atoms with Crippen molar-refractivity contribution in [1.29, 1.82) is 0 Å². The van der Waals surface area contributed by atoms with Gasteiger partial charge in [0.1, 0.15) is 5.82 Å². The van der Waals surface area contributed by atoms with Gasteiger partial charge in [-0.05, 0) is 29.8 Å². The standard InChI is InChI=1S/C16H15FN2O3/c17-12-3-1-2-4-13(12)19-16(20)9-18-8-11-5-6-14-15(7-11)22-10-21-14/h1-7,18H,8-10H2,(H,19,20). The summed E-state index contributed by atoms with van der Waals surface area (Å²) >= 11 is 0. The number of amides is 1. The van der Waals surface area contributed by atoms with Crippen molar-refractivity contribution in [2.45, 2.75) is 6.54 Å². The molecular formula is C16H15FN2O3. The van der Waals surface area contributed by atoms with Gasteiger partial charge in [0, 0.05) is 6.54 Å². The Balaban J connectivity index is 1.49. The maximum atomic E-state index is 13.4. The Kier molecular flexibility index (Phi) is 4.20. The van der Waals surface area contributed by atoms with Crippen LogP contribution in [0.3, 0.4) is 0 Å². The van der Waals surface area contributed by atoms with Crippen molar-refractivity contribution < 1.29 is 18.7 Å². The molecule has 2 aromatic carbocycles. The molecule has 0 atom stereocenters. The van der Waals surface area contributed by atoms with Crippen LogP contribution >= 0.6 is 0 Å². The van der Waals surface area contributed by atoms with Crippen LogP contribution < -0.4 is 20.1 Å². The van der Waals surface area contributed by atoms with E-state index in [-0.39, 0.29) is 24.9 Å². The fourth-order valence-corrected chi connectivity index (χ4v) is 2.13. The van der Waals surface area contributed by atoms with E-state index in [1.807, 2.05) is 18.2 Å². The maximum absolute atomic E-state index is 13.4. The molecule has 0 fully saturated rings. The van der Waals surface area contributed by atoms with Crippen molar-refractivity contribution in [3.63, 3.8) is 0 Å². The first-order valence-electron chi connectivity index (χ1n) is 6.86. The van der Waals surface area contributed by atoms with Crippen molar-refractivity contribution in [2.24, 2.45) is 0 Å². The summed E-state index contributed by atoms with van der Waals surface area (Å²) in [5, 5.41) is 5.52. The van der Waals surface area contributed by atoms with Crippen molar-refractivity contribution in [3.05, 3.63) is 53.8 Å². The summed E-state index contributed by atoms with van der Waals surface area (Å²) in [4.78, 5) is 11.8. The lowest BCUT2D eigenvalue weighted by Gasteiger charge is -2.08. The largest absolute Gasteiger partial charge is 0.454 e. The molecule has 5 nitrogen and oxygen atoms in total. The summed E-state index contributed by atoms with van der Waals surface area (Å²) in [6, 6.07) is 11.7. The number of hydrogen-bond donors (Lipinski definition) is 2. The Hall–Kier alpha value is -2.60. The molecule has 2 N–H and O–H groups in total. The monoisotopic (exact) mass is 302 g/mol. The zero-order chi connectivity index (χ0) is 15.4. The molecule has 114 valence electrons. The third kappa shape index (κ3) is 3.35. The number of nitrogens with one attached hydrogen (secondary N) is 2. The molecule has 0 aromatic heterocycles. The maximum Gasteiger partial charge on any atom is 0.238 e. The molecule has 0 spiro atoms.